The quantitative estimate of drug-likeness (QED) is 0.749. The van der Waals surface area contributed by atoms with Crippen LogP contribution in [0.3, 0.4) is 0 Å². The zero-order valence-electron chi connectivity index (χ0n) is 11.1. The van der Waals surface area contributed by atoms with E-state index in [-0.39, 0.29) is 5.73 Å². The summed E-state index contributed by atoms with van der Waals surface area (Å²) < 4.78 is 12.1. The van der Waals surface area contributed by atoms with Crippen molar-refractivity contribution in [2.24, 2.45) is 0 Å². The molecule has 1 atom stereocenters. The predicted octanol–water partition coefficient (Wildman–Crippen LogP) is 2.22. The second-order valence-electron chi connectivity index (χ2n) is 5.20. The van der Waals surface area contributed by atoms with Crippen molar-refractivity contribution in [2.45, 2.75) is 58.4 Å². The molecule has 0 aliphatic carbocycles. The highest BCUT2D eigenvalue weighted by atomic mass is 28.5. The average molecular weight is 267 g/mol. The van der Waals surface area contributed by atoms with Crippen LogP contribution in [-0.4, -0.2) is 36.8 Å². The van der Waals surface area contributed by atoms with Crippen LogP contribution in [0.4, 0.5) is 0 Å². The molecule has 1 unspecified atom stereocenters. The number of hydrogen-bond donors (Lipinski definition) is 1. The van der Waals surface area contributed by atoms with Crippen LogP contribution in [0.25, 0.3) is 0 Å². The highest BCUT2D eigenvalue weighted by molar-refractivity contribution is 6.85. The van der Waals surface area contributed by atoms with E-state index in [1.807, 2.05) is 6.92 Å². The van der Waals surface area contributed by atoms with Gasteiger partial charge in [-0.1, -0.05) is 6.92 Å². The van der Waals surface area contributed by atoms with Crippen LogP contribution in [0.5, 0.6) is 0 Å². The molecule has 0 saturated carbocycles. The first kappa shape index (κ1) is 15.5. The fourth-order valence-electron chi connectivity index (χ4n) is 1.78. The van der Waals surface area contributed by atoms with Gasteiger partial charge in [0.15, 0.2) is 9.04 Å². The van der Waals surface area contributed by atoms with Crippen LogP contribution in [0.2, 0.25) is 39.3 Å². The third-order valence-corrected chi connectivity index (χ3v) is 12.5. The summed E-state index contributed by atoms with van der Waals surface area (Å²) in [5.74, 6) is 0. The number of rotatable bonds is 6. The molecule has 0 spiro atoms. The Labute approximate surface area is 97.9 Å². The van der Waals surface area contributed by atoms with Crippen LogP contribution in [-0.2, 0) is 8.23 Å². The minimum Gasteiger partial charge on any atom is -0.440 e. The highest BCUT2D eigenvalue weighted by Gasteiger charge is 2.39. The van der Waals surface area contributed by atoms with Gasteiger partial charge in [0.25, 0.3) is 0 Å². The van der Waals surface area contributed by atoms with Crippen LogP contribution in [0.1, 0.15) is 13.3 Å². The molecule has 0 aromatic heterocycles. The molecule has 6 heteroatoms. The molecule has 0 aliphatic rings. The van der Waals surface area contributed by atoms with Crippen LogP contribution >= 0.6 is 0 Å². The summed E-state index contributed by atoms with van der Waals surface area (Å²) in [5, 5.41) is 9.90. The third kappa shape index (κ3) is 5.98. The van der Waals surface area contributed by atoms with Crippen LogP contribution in [0.15, 0.2) is 0 Å². The third-order valence-electron chi connectivity index (χ3n) is 2.22. The van der Waals surface area contributed by atoms with Crippen molar-refractivity contribution in [3.05, 3.63) is 0 Å². The van der Waals surface area contributed by atoms with Crippen molar-refractivity contribution in [3.63, 3.8) is 0 Å². The molecule has 0 fully saturated rings. The van der Waals surface area contributed by atoms with Gasteiger partial charge in [-0.05, 0) is 45.7 Å². The molecule has 15 heavy (non-hydrogen) atoms. The first-order valence-electron chi connectivity index (χ1n) is 5.67. The van der Waals surface area contributed by atoms with Gasteiger partial charge in [0.1, 0.15) is 0 Å². The predicted molar refractivity (Wildman–Crippen MR) is 72.3 cm³/mol. The van der Waals surface area contributed by atoms with Crippen molar-refractivity contribution in [2.75, 3.05) is 0 Å². The lowest BCUT2D eigenvalue weighted by Gasteiger charge is -2.37. The second kappa shape index (κ2) is 5.74. The van der Waals surface area contributed by atoms with Gasteiger partial charge < -0.3 is 13.3 Å². The largest absolute Gasteiger partial charge is 0.440 e. The van der Waals surface area contributed by atoms with E-state index in [1.165, 1.54) is 0 Å². The molecule has 0 heterocycles. The lowest BCUT2D eigenvalue weighted by molar-refractivity contribution is 0.214. The summed E-state index contributed by atoms with van der Waals surface area (Å²) in [4.78, 5) is 0. The molecule has 0 aliphatic heterocycles. The van der Waals surface area contributed by atoms with Crippen LogP contribution < -0.4 is 0 Å². The van der Waals surface area contributed by atoms with Gasteiger partial charge in [0.05, 0.1) is 5.73 Å². The second-order valence-corrected chi connectivity index (χ2v) is 15.7. The molecule has 0 rings (SSSR count). The van der Waals surface area contributed by atoms with E-state index in [1.54, 1.807) is 0 Å². The van der Waals surface area contributed by atoms with E-state index >= 15 is 0 Å². The van der Waals surface area contributed by atoms with E-state index in [4.69, 9.17) is 8.23 Å². The number of aliphatic hydroxyl groups is 1. The maximum absolute atomic E-state index is 9.90. The molecule has 3 nitrogen and oxygen atoms in total. The minimum atomic E-state index is -2.02. The van der Waals surface area contributed by atoms with Crippen molar-refractivity contribution in [1.82, 2.24) is 0 Å². The van der Waals surface area contributed by atoms with Gasteiger partial charge in [-0.3, -0.25) is 0 Å². The molecular weight excluding hydrogens is 240 g/mol. The fraction of sp³-hybridized carbons (Fsp3) is 1.00. The lowest BCUT2D eigenvalue weighted by atomic mass is 10.5. The van der Waals surface area contributed by atoms with E-state index in [0.29, 0.717) is 0 Å². The van der Waals surface area contributed by atoms with Crippen LogP contribution in [0, 0.1) is 0 Å². The average Bonchev–Trinajstić information content (AvgIpc) is 1.97. The van der Waals surface area contributed by atoms with E-state index in [2.05, 4.69) is 39.3 Å². The van der Waals surface area contributed by atoms with E-state index in [0.717, 1.165) is 6.42 Å². The topological polar surface area (TPSA) is 38.7 Å². The molecule has 0 saturated heterocycles. The summed E-state index contributed by atoms with van der Waals surface area (Å²) in [6.07, 6.45) is 0.767. The van der Waals surface area contributed by atoms with Gasteiger partial charge in [0, 0.05) is 0 Å². The first-order valence-corrected chi connectivity index (χ1v) is 14.2. The standard InChI is InChI=1S/C9H26O3Si3/c1-8-9(10)14(4,5)12-15(6,7)11-13(2)3/h9-10,13H,8H2,1-7H3. The number of aliphatic hydroxyl groups excluding tert-OH is 1. The van der Waals surface area contributed by atoms with Crippen molar-refractivity contribution in [3.8, 4) is 0 Å². The summed E-state index contributed by atoms with van der Waals surface area (Å²) in [6, 6.07) is 0. The first-order chi connectivity index (χ1) is 6.60. The Morgan fingerprint density at radius 1 is 1.20 bits per heavy atom. The number of hydrogen-bond acceptors (Lipinski definition) is 3. The Morgan fingerprint density at radius 3 is 2.00 bits per heavy atom. The van der Waals surface area contributed by atoms with Gasteiger partial charge >= 0.3 is 8.56 Å². The lowest BCUT2D eigenvalue weighted by Crippen LogP contribution is -2.54. The highest BCUT2D eigenvalue weighted by Crippen LogP contribution is 2.20. The Bertz CT molecular complexity index is 195. The molecule has 0 bridgehead atoms. The normalized spacial score (nSPS) is 15.8. The Balaban J connectivity index is 4.42. The summed E-state index contributed by atoms with van der Waals surface area (Å²) in [6.45, 7) is 14.6. The molecule has 0 aromatic carbocycles. The van der Waals surface area contributed by atoms with E-state index in [9.17, 15) is 5.11 Å². The Kier molecular flexibility index (Phi) is 5.94. The van der Waals surface area contributed by atoms with Gasteiger partial charge in [-0.25, -0.2) is 0 Å². The fourth-order valence-corrected chi connectivity index (χ4v) is 13.5. The molecule has 0 aromatic rings. The maximum Gasteiger partial charge on any atom is 0.311 e. The Morgan fingerprint density at radius 2 is 1.67 bits per heavy atom. The smallest absolute Gasteiger partial charge is 0.311 e. The molecule has 1 N–H and O–H groups in total. The minimum absolute atomic E-state index is 0.290. The summed E-state index contributed by atoms with van der Waals surface area (Å²) in [5.41, 5.74) is -0.290. The van der Waals surface area contributed by atoms with Gasteiger partial charge in [-0.15, -0.1) is 0 Å². The monoisotopic (exact) mass is 266 g/mol. The molecule has 92 valence electrons. The Hall–Kier alpha value is 0.531. The SMILES string of the molecule is CCC(O)[Si](C)(C)O[Si](C)(C)O[SiH](C)C. The summed E-state index contributed by atoms with van der Waals surface area (Å²) >= 11 is 0. The van der Waals surface area contributed by atoms with Crippen molar-refractivity contribution < 1.29 is 13.3 Å². The molecule has 0 amide bonds. The molecule has 0 radical (unpaired) electrons. The molecular formula is C9H26O3Si3. The zero-order chi connectivity index (χ0) is 12.3. The van der Waals surface area contributed by atoms with Crippen molar-refractivity contribution in [1.29, 1.82) is 0 Å². The van der Waals surface area contributed by atoms with Gasteiger partial charge in [-0.2, -0.15) is 0 Å². The summed E-state index contributed by atoms with van der Waals surface area (Å²) in [7, 11) is -5.06. The van der Waals surface area contributed by atoms with Gasteiger partial charge in [0.2, 0.25) is 8.32 Å². The van der Waals surface area contributed by atoms with E-state index < -0.39 is 25.9 Å². The maximum atomic E-state index is 9.90. The van der Waals surface area contributed by atoms with Crippen molar-refractivity contribution >= 4 is 25.9 Å². The zero-order valence-corrected chi connectivity index (χ0v) is 14.3.